The van der Waals surface area contributed by atoms with Gasteiger partial charge in [-0.05, 0) is 53.4 Å². The highest BCUT2D eigenvalue weighted by Gasteiger charge is 2.12. The van der Waals surface area contributed by atoms with E-state index in [-0.39, 0.29) is 19.1 Å². The summed E-state index contributed by atoms with van der Waals surface area (Å²) >= 11 is 0. The van der Waals surface area contributed by atoms with E-state index in [0.717, 1.165) is 23.2 Å². The summed E-state index contributed by atoms with van der Waals surface area (Å²) in [4.78, 5) is 36.2. The maximum Gasteiger partial charge on any atom is 0.329 e. The van der Waals surface area contributed by atoms with Gasteiger partial charge in [0.25, 0.3) is 5.91 Å². The van der Waals surface area contributed by atoms with Crippen molar-refractivity contribution in [2.24, 2.45) is 5.10 Å². The number of nitrogens with zero attached hydrogens (tertiary/aromatic N) is 1. The maximum absolute atomic E-state index is 12.3. The second-order valence-electron chi connectivity index (χ2n) is 7.65. The smallest absolute Gasteiger partial charge is 0.329 e. The van der Waals surface area contributed by atoms with Crippen molar-refractivity contribution in [3.63, 3.8) is 0 Å². The van der Waals surface area contributed by atoms with Gasteiger partial charge in [0.2, 0.25) is 0 Å². The first kappa shape index (κ1) is 26.0. The lowest BCUT2D eigenvalue weighted by molar-refractivity contribution is -0.139. The second kappa shape index (κ2) is 13.3. The van der Waals surface area contributed by atoms with E-state index in [9.17, 15) is 14.4 Å². The molecule has 0 saturated carbocycles. The van der Waals surface area contributed by atoms with Crippen molar-refractivity contribution in [2.45, 2.75) is 19.9 Å². The lowest BCUT2D eigenvalue weighted by Crippen LogP contribution is -2.37. The summed E-state index contributed by atoms with van der Waals surface area (Å²) in [5, 5.41) is 9.19. The minimum absolute atomic E-state index is 0.163. The zero-order valence-electron chi connectivity index (χ0n) is 20.1. The molecule has 36 heavy (non-hydrogen) atoms. The largest absolute Gasteiger partial charge is 0.497 e. The molecule has 3 rings (SSSR count). The number of nitrogens with one attached hydrogen (secondary N) is 3. The van der Waals surface area contributed by atoms with Crippen LogP contribution in [0.5, 0.6) is 11.5 Å². The number of carbonyl (C=O) groups is 3. The average molecular weight is 489 g/mol. The third-order valence-electron chi connectivity index (χ3n) is 5.10. The van der Waals surface area contributed by atoms with Gasteiger partial charge in [-0.25, -0.2) is 5.43 Å². The number of hydrogen-bond acceptors (Lipinski definition) is 6. The van der Waals surface area contributed by atoms with E-state index in [2.05, 4.69) is 21.2 Å². The predicted molar refractivity (Wildman–Crippen MR) is 137 cm³/mol. The highest BCUT2D eigenvalue weighted by atomic mass is 16.5. The van der Waals surface area contributed by atoms with Crippen molar-refractivity contribution in [1.82, 2.24) is 10.7 Å². The fraction of sp³-hybridized carbons (Fsp3) is 0.185. The maximum atomic E-state index is 12.3. The van der Waals surface area contributed by atoms with Gasteiger partial charge in [0.05, 0.1) is 13.3 Å². The Kier molecular flexibility index (Phi) is 9.58. The molecule has 0 radical (unpaired) electrons. The number of aryl methyl sites for hydroxylation is 1. The van der Waals surface area contributed by atoms with Crippen LogP contribution < -0.4 is 25.5 Å². The predicted octanol–water partition coefficient (Wildman–Crippen LogP) is 3.04. The van der Waals surface area contributed by atoms with Gasteiger partial charge in [0.15, 0.2) is 6.61 Å². The number of hydrazone groups is 1. The van der Waals surface area contributed by atoms with Gasteiger partial charge in [-0.15, -0.1) is 0 Å². The SMILES string of the molecule is CCc1ccccc1NC(=O)COc1cccc(/C=N\NC(=O)C(=O)NCc2ccc(OC)cc2)c1. The summed E-state index contributed by atoms with van der Waals surface area (Å²) in [6.07, 6.45) is 2.18. The molecule has 0 aliphatic carbocycles. The molecule has 3 aromatic carbocycles. The van der Waals surface area contributed by atoms with Crippen LogP contribution in [0.3, 0.4) is 0 Å². The molecule has 0 saturated heterocycles. The fourth-order valence-electron chi connectivity index (χ4n) is 3.19. The Morgan fingerprint density at radius 2 is 1.69 bits per heavy atom. The van der Waals surface area contributed by atoms with E-state index < -0.39 is 11.8 Å². The van der Waals surface area contributed by atoms with Crippen LogP contribution in [0.25, 0.3) is 0 Å². The molecule has 3 aromatic rings. The molecule has 0 heterocycles. The number of ether oxygens (including phenoxy) is 2. The molecule has 0 aromatic heterocycles. The summed E-state index contributed by atoms with van der Waals surface area (Å²) in [7, 11) is 1.57. The van der Waals surface area contributed by atoms with Crippen molar-refractivity contribution in [1.29, 1.82) is 0 Å². The topological polar surface area (TPSA) is 118 Å². The standard InChI is InChI=1S/C27H28N4O5/c1-3-21-8-4-5-10-24(21)30-25(32)18-36-23-9-6-7-20(15-23)17-29-31-27(34)26(33)28-16-19-11-13-22(35-2)14-12-19/h4-15,17H,3,16,18H2,1-2H3,(H,28,33)(H,30,32)(H,31,34)/b29-17-. The van der Waals surface area contributed by atoms with Crippen molar-refractivity contribution in [3.8, 4) is 11.5 Å². The molecular weight excluding hydrogens is 460 g/mol. The molecule has 0 unspecified atom stereocenters. The highest BCUT2D eigenvalue weighted by molar-refractivity contribution is 6.35. The van der Waals surface area contributed by atoms with Gasteiger partial charge in [0, 0.05) is 12.2 Å². The van der Waals surface area contributed by atoms with Crippen LogP contribution >= 0.6 is 0 Å². The molecule has 0 aliphatic rings. The molecule has 0 bridgehead atoms. The third-order valence-corrected chi connectivity index (χ3v) is 5.10. The van der Waals surface area contributed by atoms with Crippen LogP contribution in [-0.4, -0.2) is 37.7 Å². The molecule has 186 valence electrons. The molecule has 0 spiro atoms. The number of methoxy groups -OCH3 is 1. The first-order chi connectivity index (χ1) is 17.5. The Morgan fingerprint density at radius 3 is 2.44 bits per heavy atom. The first-order valence-corrected chi connectivity index (χ1v) is 11.3. The first-order valence-electron chi connectivity index (χ1n) is 11.3. The van der Waals surface area contributed by atoms with Crippen LogP contribution in [0, 0.1) is 0 Å². The van der Waals surface area contributed by atoms with E-state index in [4.69, 9.17) is 9.47 Å². The van der Waals surface area contributed by atoms with Crippen molar-refractivity contribution >= 4 is 29.6 Å². The van der Waals surface area contributed by atoms with Crippen LogP contribution in [0.2, 0.25) is 0 Å². The monoisotopic (exact) mass is 488 g/mol. The summed E-state index contributed by atoms with van der Waals surface area (Å²) in [6.45, 7) is 2.05. The van der Waals surface area contributed by atoms with Crippen molar-refractivity contribution < 1.29 is 23.9 Å². The number of carbonyl (C=O) groups excluding carboxylic acids is 3. The average Bonchev–Trinajstić information content (AvgIpc) is 2.91. The zero-order valence-corrected chi connectivity index (χ0v) is 20.1. The second-order valence-corrected chi connectivity index (χ2v) is 7.65. The Morgan fingerprint density at radius 1 is 0.917 bits per heavy atom. The van der Waals surface area contributed by atoms with Gasteiger partial charge in [-0.3, -0.25) is 14.4 Å². The summed E-state index contributed by atoms with van der Waals surface area (Å²) in [5.41, 5.74) is 5.43. The van der Waals surface area contributed by atoms with E-state index in [1.54, 1.807) is 55.6 Å². The van der Waals surface area contributed by atoms with Crippen LogP contribution in [0.1, 0.15) is 23.6 Å². The van der Waals surface area contributed by atoms with Gasteiger partial charge >= 0.3 is 11.8 Å². The van der Waals surface area contributed by atoms with E-state index in [1.807, 2.05) is 31.2 Å². The van der Waals surface area contributed by atoms with Crippen molar-refractivity contribution in [3.05, 3.63) is 89.5 Å². The lowest BCUT2D eigenvalue weighted by atomic mass is 10.1. The van der Waals surface area contributed by atoms with E-state index in [0.29, 0.717) is 17.1 Å². The highest BCUT2D eigenvalue weighted by Crippen LogP contribution is 2.16. The molecule has 9 nitrogen and oxygen atoms in total. The summed E-state index contributed by atoms with van der Waals surface area (Å²) < 4.78 is 10.7. The molecule has 3 amide bonds. The molecule has 0 fully saturated rings. The van der Waals surface area contributed by atoms with Gasteiger partial charge in [0.1, 0.15) is 11.5 Å². The molecule has 0 aliphatic heterocycles. The molecule has 3 N–H and O–H groups in total. The summed E-state index contributed by atoms with van der Waals surface area (Å²) in [5.74, 6) is -0.816. The van der Waals surface area contributed by atoms with E-state index in [1.165, 1.54) is 6.21 Å². The Bertz CT molecular complexity index is 1220. The number of hydrogen-bond donors (Lipinski definition) is 3. The normalized spacial score (nSPS) is 10.5. The fourth-order valence-corrected chi connectivity index (χ4v) is 3.19. The molecule has 9 heteroatoms. The lowest BCUT2D eigenvalue weighted by Gasteiger charge is -2.10. The molecular formula is C27H28N4O5. The third kappa shape index (κ3) is 7.98. The number of amides is 3. The minimum atomic E-state index is -0.892. The Hall–Kier alpha value is -4.66. The Balaban J connectivity index is 1.44. The van der Waals surface area contributed by atoms with Crippen LogP contribution in [-0.2, 0) is 27.3 Å². The van der Waals surface area contributed by atoms with Gasteiger partial charge < -0.3 is 20.1 Å². The van der Waals surface area contributed by atoms with E-state index >= 15 is 0 Å². The number of rotatable bonds is 10. The van der Waals surface area contributed by atoms with Gasteiger partial charge in [-0.1, -0.05) is 49.4 Å². The number of para-hydroxylation sites is 1. The summed E-state index contributed by atoms with van der Waals surface area (Å²) in [6, 6.07) is 21.5. The number of anilines is 1. The van der Waals surface area contributed by atoms with Crippen LogP contribution in [0.15, 0.2) is 77.9 Å². The number of benzene rings is 3. The van der Waals surface area contributed by atoms with Crippen LogP contribution in [0.4, 0.5) is 5.69 Å². The van der Waals surface area contributed by atoms with Gasteiger partial charge in [-0.2, -0.15) is 5.10 Å². The van der Waals surface area contributed by atoms with Crippen molar-refractivity contribution in [2.75, 3.05) is 19.0 Å². The quantitative estimate of drug-likeness (QED) is 0.230. The zero-order chi connectivity index (χ0) is 25.8. The minimum Gasteiger partial charge on any atom is -0.497 e. The molecule has 0 atom stereocenters. The Labute approximate surface area is 209 Å².